The molecular weight excluding hydrogens is 412 g/mol. The summed E-state index contributed by atoms with van der Waals surface area (Å²) >= 11 is 0. The lowest BCUT2D eigenvalue weighted by molar-refractivity contribution is 0.604. The second kappa shape index (κ2) is 8.72. The van der Waals surface area contributed by atoms with E-state index in [-0.39, 0.29) is 0 Å². The van der Waals surface area contributed by atoms with Crippen molar-refractivity contribution in [3.05, 3.63) is 132 Å². The van der Waals surface area contributed by atoms with Crippen LogP contribution in [0.3, 0.4) is 0 Å². The van der Waals surface area contributed by atoms with Gasteiger partial charge < -0.3 is 11.1 Å². The maximum absolute atomic E-state index is 5.88. The summed E-state index contributed by atoms with van der Waals surface area (Å²) in [5.41, 5.74) is 16.8. The molecule has 166 valence electrons. The molecule has 2 unspecified atom stereocenters. The molecule has 0 amide bonds. The van der Waals surface area contributed by atoms with Crippen molar-refractivity contribution in [2.24, 2.45) is 11.8 Å². The van der Waals surface area contributed by atoms with Crippen LogP contribution >= 0.6 is 0 Å². The van der Waals surface area contributed by atoms with Crippen LogP contribution in [0.25, 0.3) is 16.7 Å². The number of nitrogens with one attached hydrogen (secondary N) is 1. The van der Waals surface area contributed by atoms with Crippen molar-refractivity contribution >= 4 is 22.6 Å². The van der Waals surface area contributed by atoms with Gasteiger partial charge in [0.05, 0.1) is 0 Å². The summed E-state index contributed by atoms with van der Waals surface area (Å²) in [6.45, 7) is 0. The summed E-state index contributed by atoms with van der Waals surface area (Å²) in [5, 5.41) is 3.62. The Labute approximate surface area is 201 Å². The Bertz CT molecular complexity index is 1370. The van der Waals surface area contributed by atoms with Crippen molar-refractivity contribution in [3.63, 3.8) is 0 Å². The van der Waals surface area contributed by atoms with Crippen LogP contribution in [0, 0.1) is 11.8 Å². The highest BCUT2D eigenvalue weighted by atomic mass is 14.9. The van der Waals surface area contributed by atoms with Crippen molar-refractivity contribution in [1.29, 1.82) is 0 Å². The minimum Gasteiger partial charge on any atom is -0.399 e. The fraction of sp³-hybridized carbons (Fsp3) is 0.125. The van der Waals surface area contributed by atoms with E-state index >= 15 is 0 Å². The molecule has 0 radical (unpaired) electrons. The molecule has 2 heteroatoms. The first-order valence-electron chi connectivity index (χ1n) is 12.0. The second-order valence-electron chi connectivity index (χ2n) is 9.21. The number of rotatable bonds is 4. The van der Waals surface area contributed by atoms with Gasteiger partial charge in [-0.3, -0.25) is 0 Å². The van der Waals surface area contributed by atoms with Gasteiger partial charge in [0.15, 0.2) is 0 Å². The predicted molar refractivity (Wildman–Crippen MR) is 145 cm³/mol. The van der Waals surface area contributed by atoms with E-state index in [1.165, 1.54) is 23.1 Å². The number of allylic oxidation sites excluding steroid dienone is 10. The monoisotopic (exact) mass is 440 g/mol. The van der Waals surface area contributed by atoms with Gasteiger partial charge in [-0.05, 0) is 65.4 Å². The molecule has 0 aliphatic heterocycles. The third kappa shape index (κ3) is 3.82. The highest BCUT2D eigenvalue weighted by Gasteiger charge is 2.31. The van der Waals surface area contributed by atoms with Gasteiger partial charge >= 0.3 is 0 Å². The molecule has 0 saturated carbocycles. The smallest absolute Gasteiger partial charge is 0.0463 e. The minimum absolute atomic E-state index is 0.417. The normalized spacial score (nSPS) is 20.5. The number of para-hydroxylation sites is 1. The van der Waals surface area contributed by atoms with Gasteiger partial charge in [0.2, 0.25) is 0 Å². The van der Waals surface area contributed by atoms with E-state index in [9.17, 15) is 0 Å². The molecule has 0 spiro atoms. The molecule has 0 bridgehead atoms. The molecule has 0 fully saturated rings. The molecule has 6 rings (SSSR count). The summed E-state index contributed by atoms with van der Waals surface area (Å²) in [4.78, 5) is 0. The quantitative estimate of drug-likeness (QED) is 0.402. The van der Waals surface area contributed by atoms with Crippen LogP contribution in [0.15, 0.2) is 126 Å². The Morgan fingerprint density at radius 3 is 2.32 bits per heavy atom. The predicted octanol–water partition coefficient (Wildman–Crippen LogP) is 8.08. The maximum atomic E-state index is 5.88. The molecule has 2 nitrogen and oxygen atoms in total. The van der Waals surface area contributed by atoms with Crippen molar-refractivity contribution in [3.8, 4) is 11.1 Å². The number of nitrogen functional groups attached to an aromatic ring is 1. The Morgan fingerprint density at radius 1 is 0.765 bits per heavy atom. The Kier molecular flexibility index (Phi) is 5.27. The van der Waals surface area contributed by atoms with E-state index in [0.717, 1.165) is 34.6 Å². The largest absolute Gasteiger partial charge is 0.399 e. The van der Waals surface area contributed by atoms with Gasteiger partial charge in [-0.2, -0.15) is 0 Å². The van der Waals surface area contributed by atoms with E-state index < -0.39 is 0 Å². The lowest BCUT2D eigenvalue weighted by Crippen LogP contribution is -2.22. The SMILES string of the molecule is Nc1ccc(-c2ccccc2Nc2ccc(C3=CC4=C(CCC=C4)C4C=CC=CC34)cc2)cc1. The van der Waals surface area contributed by atoms with Gasteiger partial charge in [0, 0.05) is 34.5 Å². The number of hydrogen-bond acceptors (Lipinski definition) is 2. The first-order chi connectivity index (χ1) is 16.8. The molecule has 3 aliphatic rings. The fourth-order valence-electron chi connectivity index (χ4n) is 5.39. The molecule has 3 N–H and O–H groups in total. The first kappa shape index (κ1) is 20.6. The molecule has 0 saturated heterocycles. The van der Waals surface area contributed by atoms with Gasteiger partial charge in [-0.15, -0.1) is 0 Å². The first-order valence-corrected chi connectivity index (χ1v) is 12.0. The summed E-state index contributed by atoms with van der Waals surface area (Å²) in [6.07, 6.45) is 18.5. The highest BCUT2D eigenvalue weighted by molar-refractivity contribution is 5.82. The molecule has 34 heavy (non-hydrogen) atoms. The molecule has 3 aliphatic carbocycles. The van der Waals surface area contributed by atoms with Crippen LogP contribution in [-0.2, 0) is 0 Å². The molecule has 3 aromatic carbocycles. The van der Waals surface area contributed by atoms with Gasteiger partial charge in [-0.1, -0.05) is 90.6 Å². The van der Waals surface area contributed by atoms with Crippen molar-refractivity contribution < 1.29 is 0 Å². The minimum atomic E-state index is 0.417. The summed E-state index contributed by atoms with van der Waals surface area (Å²) in [6, 6.07) is 25.3. The zero-order valence-corrected chi connectivity index (χ0v) is 19.1. The molecule has 2 atom stereocenters. The Hall–Kier alpha value is -4.04. The Balaban J connectivity index is 1.30. The third-order valence-electron chi connectivity index (χ3n) is 7.10. The molecule has 0 aromatic heterocycles. The van der Waals surface area contributed by atoms with Crippen LogP contribution in [0.1, 0.15) is 18.4 Å². The summed E-state index contributed by atoms with van der Waals surface area (Å²) < 4.78 is 0. The van der Waals surface area contributed by atoms with Crippen LogP contribution in [-0.4, -0.2) is 0 Å². The lowest BCUT2D eigenvalue weighted by Gasteiger charge is -2.35. The van der Waals surface area contributed by atoms with E-state index in [1.807, 2.05) is 12.1 Å². The zero-order valence-electron chi connectivity index (χ0n) is 19.1. The van der Waals surface area contributed by atoms with Crippen LogP contribution < -0.4 is 11.1 Å². The topological polar surface area (TPSA) is 38.0 Å². The second-order valence-corrected chi connectivity index (χ2v) is 9.21. The van der Waals surface area contributed by atoms with E-state index in [4.69, 9.17) is 5.73 Å². The van der Waals surface area contributed by atoms with Crippen LogP contribution in [0.5, 0.6) is 0 Å². The van der Waals surface area contributed by atoms with Gasteiger partial charge in [0.25, 0.3) is 0 Å². The van der Waals surface area contributed by atoms with E-state index in [0.29, 0.717) is 11.8 Å². The number of nitrogens with two attached hydrogens (primary N) is 1. The standard InChI is InChI=1S/C32H28N2/c33-25-17-13-22(14-18-25)28-9-5-6-12-32(28)34-26-19-15-23(16-20-26)31-21-24-7-1-2-8-27(24)29-10-3-4-11-30(29)31/h1,3-7,9-21,29-30,34H,2,8,33H2. The average Bonchev–Trinajstić information content (AvgIpc) is 2.90. The van der Waals surface area contributed by atoms with Crippen LogP contribution in [0.4, 0.5) is 17.1 Å². The Morgan fingerprint density at radius 2 is 1.50 bits per heavy atom. The molecular formula is C32H28N2. The zero-order chi connectivity index (χ0) is 22.9. The summed E-state index contributed by atoms with van der Waals surface area (Å²) in [5.74, 6) is 0.898. The summed E-state index contributed by atoms with van der Waals surface area (Å²) in [7, 11) is 0. The highest BCUT2D eigenvalue weighted by Crippen LogP contribution is 2.46. The van der Waals surface area contributed by atoms with Gasteiger partial charge in [-0.25, -0.2) is 0 Å². The third-order valence-corrected chi connectivity index (χ3v) is 7.10. The van der Waals surface area contributed by atoms with Gasteiger partial charge in [0.1, 0.15) is 0 Å². The van der Waals surface area contributed by atoms with Crippen LogP contribution in [0.2, 0.25) is 0 Å². The van der Waals surface area contributed by atoms with Crippen molar-refractivity contribution in [2.75, 3.05) is 11.1 Å². The number of anilines is 3. The number of benzene rings is 3. The number of hydrogen-bond donors (Lipinski definition) is 2. The average molecular weight is 441 g/mol. The van der Waals surface area contributed by atoms with E-state index in [2.05, 4.69) is 109 Å². The van der Waals surface area contributed by atoms with Crippen molar-refractivity contribution in [2.45, 2.75) is 12.8 Å². The fourth-order valence-corrected chi connectivity index (χ4v) is 5.39. The lowest BCUT2D eigenvalue weighted by atomic mass is 9.69. The number of fused-ring (bicyclic) bond motifs is 2. The molecule has 3 aromatic rings. The van der Waals surface area contributed by atoms with Crippen molar-refractivity contribution in [1.82, 2.24) is 0 Å². The molecule has 0 heterocycles. The van der Waals surface area contributed by atoms with E-state index in [1.54, 1.807) is 5.57 Å². The maximum Gasteiger partial charge on any atom is 0.0463 e.